The fourth-order valence-corrected chi connectivity index (χ4v) is 4.31. The molecule has 180 valence electrons. The highest BCUT2D eigenvalue weighted by Gasteiger charge is 2.29. The van der Waals surface area contributed by atoms with Gasteiger partial charge in [0.1, 0.15) is 11.6 Å². The molecule has 1 atom stereocenters. The first-order chi connectivity index (χ1) is 16.9. The Morgan fingerprint density at radius 2 is 1.86 bits per heavy atom. The van der Waals surface area contributed by atoms with Crippen LogP contribution < -0.4 is 5.56 Å². The van der Waals surface area contributed by atoms with E-state index < -0.39 is 11.9 Å². The van der Waals surface area contributed by atoms with Gasteiger partial charge in [-0.05, 0) is 61.4 Å². The third-order valence-electron chi connectivity index (χ3n) is 5.99. The van der Waals surface area contributed by atoms with Gasteiger partial charge in [-0.1, -0.05) is 37.3 Å². The van der Waals surface area contributed by atoms with Crippen molar-refractivity contribution in [2.45, 2.75) is 26.3 Å². The molecule has 0 aliphatic heterocycles. The van der Waals surface area contributed by atoms with E-state index in [-0.39, 0.29) is 30.2 Å². The molecule has 3 aromatic carbocycles. The highest BCUT2D eigenvalue weighted by molar-refractivity contribution is 5.94. The van der Waals surface area contributed by atoms with Gasteiger partial charge >= 0.3 is 0 Å². The van der Waals surface area contributed by atoms with Gasteiger partial charge in [-0.2, -0.15) is 0 Å². The van der Waals surface area contributed by atoms with Crippen LogP contribution in [0.4, 0.5) is 4.39 Å². The van der Waals surface area contributed by atoms with Gasteiger partial charge in [0, 0.05) is 19.2 Å². The lowest BCUT2D eigenvalue weighted by Crippen LogP contribution is -2.40. The lowest BCUT2D eigenvalue weighted by Gasteiger charge is -2.32. The number of fused-ring (bicyclic) bond motifs is 1. The average Bonchev–Trinajstić information content (AvgIpc) is 2.86. The molecule has 0 bridgehead atoms. The number of halogens is 1. The number of hydrogen-bond acceptors (Lipinski definition) is 4. The summed E-state index contributed by atoms with van der Waals surface area (Å²) in [5, 5.41) is 0.493. The lowest BCUT2D eigenvalue weighted by molar-refractivity contribution is 0.0579. The summed E-state index contributed by atoms with van der Waals surface area (Å²) in [5.74, 6) is -0.398. The Morgan fingerprint density at radius 1 is 1.09 bits per heavy atom. The number of benzene rings is 3. The largest absolute Gasteiger partial charge is 0.383 e. The summed E-state index contributed by atoms with van der Waals surface area (Å²) >= 11 is 0. The van der Waals surface area contributed by atoms with Crippen molar-refractivity contribution < 1.29 is 13.9 Å². The van der Waals surface area contributed by atoms with Crippen LogP contribution in [0.2, 0.25) is 0 Å². The summed E-state index contributed by atoms with van der Waals surface area (Å²) in [5.41, 5.74) is 2.24. The standard InChI is InChI=1S/C28H28FN3O3/c1-4-25(31(15-16-35-3)27(33)20-10-8-11-21(29)18-20)26-30-24-14-6-5-13-23(24)28(34)32(26)22-12-7-9-19(2)17-22/h5-14,17-18,25H,4,15-16H2,1-3H3. The Labute approximate surface area is 203 Å². The third kappa shape index (κ3) is 5.00. The van der Waals surface area contributed by atoms with E-state index in [9.17, 15) is 14.0 Å². The molecule has 0 aliphatic rings. The normalized spacial score (nSPS) is 12.0. The molecule has 0 saturated heterocycles. The smallest absolute Gasteiger partial charge is 0.266 e. The van der Waals surface area contributed by atoms with Crippen molar-refractivity contribution in [3.8, 4) is 5.69 Å². The number of rotatable bonds is 8. The van der Waals surface area contributed by atoms with Crippen LogP contribution in [0.15, 0.2) is 77.6 Å². The van der Waals surface area contributed by atoms with Crippen LogP contribution in [-0.4, -0.2) is 40.6 Å². The zero-order valence-electron chi connectivity index (χ0n) is 20.1. The van der Waals surface area contributed by atoms with Crippen LogP contribution in [0.25, 0.3) is 16.6 Å². The Hall–Kier alpha value is -3.84. The molecule has 1 aromatic heterocycles. The van der Waals surface area contributed by atoms with Gasteiger partial charge in [0.25, 0.3) is 11.5 Å². The number of methoxy groups -OCH3 is 1. The first-order valence-electron chi connectivity index (χ1n) is 11.6. The van der Waals surface area contributed by atoms with E-state index in [1.54, 1.807) is 40.8 Å². The highest BCUT2D eigenvalue weighted by atomic mass is 19.1. The van der Waals surface area contributed by atoms with E-state index in [1.807, 2.05) is 44.2 Å². The average molecular weight is 474 g/mol. The summed E-state index contributed by atoms with van der Waals surface area (Å²) in [6.07, 6.45) is 0.487. The Bertz CT molecular complexity index is 1420. The third-order valence-corrected chi connectivity index (χ3v) is 5.99. The Balaban J connectivity index is 1.95. The van der Waals surface area contributed by atoms with E-state index in [1.165, 1.54) is 18.2 Å². The van der Waals surface area contributed by atoms with Crippen molar-refractivity contribution in [2.24, 2.45) is 0 Å². The first-order valence-corrected chi connectivity index (χ1v) is 11.6. The number of nitrogens with zero attached hydrogens (tertiary/aromatic N) is 3. The molecular formula is C28H28FN3O3. The molecule has 0 N–H and O–H groups in total. The number of para-hydroxylation sites is 1. The molecule has 35 heavy (non-hydrogen) atoms. The second-order valence-electron chi connectivity index (χ2n) is 8.39. The fourth-order valence-electron chi connectivity index (χ4n) is 4.31. The predicted octanol–water partition coefficient (Wildman–Crippen LogP) is 5.07. The minimum atomic E-state index is -0.557. The van der Waals surface area contributed by atoms with Crippen molar-refractivity contribution >= 4 is 16.8 Å². The highest BCUT2D eigenvalue weighted by Crippen LogP contribution is 2.27. The minimum Gasteiger partial charge on any atom is -0.383 e. The zero-order chi connectivity index (χ0) is 24.9. The van der Waals surface area contributed by atoms with Gasteiger partial charge in [0.05, 0.1) is 29.2 Å². The first kappa shape index (κ1) is 24.3. The van der Waals surface area contributed by atoms with Crippen LogP contribution in [0.5, 0.6) is 0 Å². The maximum Gasteiger partial charge on any atom is 0.266 e. The molecule has 0 radical (unpaired) electrons. The maximum atomic E-state index is 13.9. The number of aryl methyl sites for hydroxylation is 1. The van der Waals surface area contributed by atoms with Gasteiger partial charge in [0.15, 0.2) is 0 Å². The van der Waals surface area contributed by atoms with Crippen molar-refractivity contribution in [2.75, 3.05) is 20.3 Å². The van der Waals surface area contributed by atoms with Gasteiger partial charge in [0.2, 0.25) is 0 Å². The minimum absolute atomic E-state index is 0.209. The van der Waals surface area contributed by atoms with E-state index in [0.29, 0.717) is 28.8 Å². The van der Waals surface area contributed by atoms with Crippen LogP contribution in [-0.2, 0) is 4.74 Å². The van der Waals surface area contributed by atoms with Crippen LogP contribution in [0.3, 0.4) is 0 Å². The quantitative estimate of drug-likeness (QED) is 0.358. The number of hydrogen-bond donors (Lipinski definition) is 0. The van der Waals surface area contributed by atoms with E-state index in [2.05, 4.69) is 0 Å². The van der Waals surface area contributed by atoms with E-state index in [0.717, 1.165) is 5.56 Å². The van der Waals surface area contributed by atoms with Crippen molar-refractivity contribution in [3.63, 3.8) is 0 Å². The molecule has 1 amide bonds. The Morgan fingerprint density at radius 3 is 2.57 bits per heavy atom. The van der Waals surface area contributed by atoms with Crippen LogP contribution in [0.1, 0.15) is 41.1 Å². The number of aromatic nitrogens is 2. The SMILES string of the molecule is CCC(c1nc2ccccc2c(=O)n1-c1cccc(C)c1)N(CCOC)C(=O)c1cccc(F)c1. The van der Waals surface area contributed by atoms with E-state index in [4.69, 9.17) is 9.72 Å². The fraction of sp³-hybridized carbons (Fsp3) is 0.250. The summed E-state index contributed by atoms with van der Waals surface area (Å²) in [6.45, 7) is 4.42. The predicted molar refractivity (Wildman–Crippen MR) is 134 cm³/mol. The molecule has 1 unspecified atom stereocenters. The van der Waals surface area contributed by atoms with E-state index >= 15 is 0 Å². The van der Waals surface area contributed by atoms with Crippen LogP contribution in [0, 0.1) is 12.7 Å². The molecule has 6 nitrogen and oxygen atoms in total. The van der Waals surface area contributed by atoms with Gasteiger partial charge in [-0.3, -0.25) is 14.2 Å². The lowest BCUT2D eigenvalue weighted by atomic mass is 10.1. The molecule has 0 aliphatic carbocycles. The summed E-state index contributed by atoms with van der Waals surface area (Å²) in [7, 11) is 1.56. The number of carbonyl (C=O) groups is 1. The summed E-state index contributed by atoms with van der Waals surface area (Å²) < 4.78 is 20.8. The maximum absolute atomic E-state index is 13.9. The topological polar surface area (TPSA) is 64.4 Å². The summed E-state index contributed by atoms with van der Waals surface area (Å²) in [6, 6.07) is 19.9. The molecule has 4 aromatic rings. The van der Waals surface area contributed by atoms with Crippen molar-refractivity contribution in [3.05, 3.63) is 106 Å². The van der Waals surface area contributed by atoms with Crippen molar-refractivity contribution in [1.29, 1.82) is 0 Å². The monoisotopic (exact) mass is 473 g/mol. The number of ether oxygens (including phenoxy) is 1. The second-order valence-corrected chi connectivity index (χ2v) is 8.39. The number of amides is 1. The molecule has 0 fully saturated rings. The zero-order valence-corrected chi connectivity index (χ0v) is 20.1. The Kier molecular flexibility index (Phi) is 7.36. The van der Waals surface area contributed by atoms with Gasteiger partial charge < -0.3 is 9.64 Å². The molecule has 4 rings (SSSR count). The molecule has 0 saturated carbocycles. The number of carbonyl (C=O) groups excluding carboxylic acids is 1. The molecule has 7 heteroatoms. The summed E-state index contributed by atoms with van der Waals surface area (Å²) in [4.78, 5) is 33.9. The van der Waals surface area contributed by atoms with Crippen molar-refractivity contribution in [1.82, 2.24) is 14.5 Å². The molecular weight excluding hydrogens is 445 g/mol. The second kappa shape index (κ2) is 10.6. The van der Waals surface area contributed by atoms with Gasteiger partial charge in [-0.25, -0.2) is 9.37 Å². The molecule has 0 spiro atoms. The van der Waals surface area contributed by atoms with Crippen LogP contribution >= 0.6 is 0 Å². The molecule has 1 heterocycles. The van der Waals surface area contributed by atoms with Gasteiger partial charge in [-0.15, -0.1) is 0 Å².